The number of ether oxygens (including phenoxy) is 1. The van der Waals surface area contributed by atoms with E-state index in [1.54, 1.807) is 23.9 Å². The zero-order valence-corrected chi connectivity index (χ0v) is 21.0. The van der Waals surface area contributed by atoms with E-state index in [9.17, 15) is 18.0 Å². The number of nitrogens with zero attached hydrogens (tertiary/aromatic N) is 4. The van der Waals surface area contributed by atoms with Crippen LogP contribution in [0.1, 0.15) is 30.2 Å². The first kappa shape index (κ1) is 26.5. The fraction of sp³-hybridized carbons (Fsp3) is 0.280. The molecule has 1 N–H and O–H groups in total. The monoisotopic (exact) mass is 527 g/mol. The predicted octanol–water partition coefficient (Wildman–Crippen LogP) is 4.82. The van der Waals surface area contributed by atoms with E-state index in [1.807, 2.05) is 19.1 Å². The number of halogens is 4. The minimum atomic E-state index is -2.86. The van der Waals surface area contributed by atoms with Gasteiger partial charge in [0.15, 0.2) is 5.82 Å². The second kappa shape index (κ2) is 10.4. The second-order valence-corrected chi connectivity index (χ2v) is 9.13. The third-order valence-electron chi connectivity index (χ3n) is 5.71. The van der Waals surface area contributed by atoms with Gasteiger partial charge in [-0.2, -0.15) is 5.10 Å². The van der Waals surface area contributed by atoms with Gasteiger partial charge in [-0.05, 0) is 43.7 Å². The van der Waals surface area contributed by atoms with E-state index in [0.717, 1.165) is 28.8 Å². The normalized spacial score (nSPS) is 13.1. The number of carbonyl (C=O) groups is 1. The van der Waals surface area contributed by atoms with Crippen molar-refractivity contribution in [3.63, 3.8) is 0 Å². The van der Waals surface area contributed by atoms with Gasteiger partial charge in [0.1, 0.15) is 37.9 Å². The first-order valence-corrected chi connectivity index (χ1v) is 11.6. The third kappa shape index (κ3) is 5.71. The number of aromatic nitrogens is 4. The number of hydrogen-bond donors (Lipinski definition) is 1. The standard InChI is InChI=1S/C25H22BClF3N5O2/c1-13-7-16(24-31-12-32-35(24)3)15-5-4-6-20(23(15)33-13)37-11-17-18(8-14(28)9-19(17)27)25(2,26)34-22(36)10-21(29)30/h4-9,12,21H,10-11H2,1-3H3,(H,34,36)/t25-/m0/s1. The van der Waals surface area contributed by atoms with Crippen LogP contribution >= 0.6 is 11.6 Å². The van der Waals surface area contributed by atoms with Crippen molar-refractivity contribution in [3.8, 4) is 17.1 Å². The number of nitrogens with one attached hydrogen (secondary N) is 1. The lowest BCUT2D eigenvalue weighted by atomic mass is 9.72. The number of amides is 1. The van der Waals surface area contributed by atoms with Crippen LogP contribution in [0.2, 0.25) is 5.02 Å². The summed E-state index contributed by atoms with van der Waals surface area (Å²) in [5.41, 5.74) is 0.750. The first-order valence-electron chi connectivity index (χ1n) is 11.2. The molecule has 2 radical (unpaired) electrons. The van der Waals surface area contributed by atoms with Gasteiger partial charge in [-0.1, -0.05) is 23.7 Å². The van der Waals surface area contributed by atoms with Crippen molar-refractivity contribution in [1.29, 1.82) is 0 Å². The van der Waals surface area contributed by atoms with Crippen molar-refractivity contribution in [2.75, 3.05) is 0 Å². The number of rotatable bonds is 8. The molecule has 4 rings (SSSR count). The molecule has 0 spiro atoms. The molecule has 190 valence electrons. The molecule has 4 aromatic rings. The number of hydrogen-bond acceptors (Lipinski definition) is 5. The molecule has 0 aliphatic carbocycles. The number of benzene rings is 2. The number of fused-ring (bicyclic) bond motifs is 1. The summed E-state index contributed by atoms with van der Waals surface area (Å²) in [4.78, 5) is 21.0. The lowest BCUT2D eigenvalue weighted by Gasteiger charge is -2.30. The van der Waals surface area contributed by atoms with Crippen molar-refractivity contribution < 1.29 is 22.7 Å². The Morgan fingerprint density at radius 2 is 2.05 bits per heavy atom. The zero-order chi connectivity index (χ0) is 26.9. The number of alkyl halides is 2. The van der Waals surface area contributed by atoms with Crippen molar-refractivity contribution in [2.45, 2.75) is 38.7 Å². The summed E-state index contributed by atoms with van der Waals surface area (Å²) >= 11 is 6.34. The van der Waals surface area contributed by atoms with Gasteiger partial charge >= 0.3 is 0 Å². The first-order chi connectivity index (χ1) is 17.5. The Bertz CT molecular complexity index is 1480. The number of carbonyl (C=O) groups excluding carboxylic acids is 1. The predicted molar refractivity (Wildman–Crippen MR) is 134 cm³/mol. The SMILES string of the molecule is [B][C@@](C)(NC(=O)CC(F)F)c1cc(F)cc(Cl)c1COc1cccc2c(-c3ncnn3C)cc(C)nc12. The number of pyridine rings is 1. The maximum absolute atomic E-state index is 14.3. The van der Waals surface area contributed by atoms with Gasteiger partial charge in [0.25, 0.3) is 0 Å². The Labute approximate surface area is 217 Å². The Balaban J connectivity index is 1.71. The molecule has 1 atom stereocenters. The Kier molecular flexibility index (Phi) is 7.45. The summed E-state index contributed by atoms with van der Waals surface area (Å²) in [7, 11) is 8.02. The van der Waals surface area contributed by atoms with Gasteiger partial charge in [-0.3, -0.25) is 4.79 Å². The van der Waals surface area contributed by atoms with Crippen LogP contribution in [0, 0.1) is 12.7 Å². The summed E-state index contributed by atoms with van der Waals surface area (Å²) in [6.45, 7) is 3.04. The molecular weight excluding hydrogens is 506 g/mol. The lowest BCUT2D eigenvalue weighted by molar-refractivity contribution is -0.124. The Hall–Kier alpha value is -3.60. The lowest BCUT2D eigenvalue weighted by Crippen LogP contribution is -2.45. The van der Waals surface area contributed by atoms with Gasteiger partial charge in [0, 0.05) is 34.7 Å². The van der Waals surface area contributed by atoms with Crippen LogP contribution in [0.4, 0.5) is 13.2 Å². The molecule has 1 amide bonds. The van der Waals surface area contributed by atoms with Crippen molar-refractivity contribution >= 4 is 36.3 Å². The Morgan fingerprint density at radius 1 is 1.30 bits per heavy atom. The van der Waals surface area contributed by atoms with E-state index in [1.165, 1.54) is 13.3 Å². The van der Waals surface area contributed by atoms with Crippen LogP contribution in [-0.4, -0.2) is 39.9 Å². The van der Waals surface area contributed by atoms with Crippen molar-refractivity contribution in [3.05, 3.63) is 70.4 Å². The summed E-state index contributed by atoms with van der Waals surface area (Å²) in [5, 5.41) is 7.22. The molecule has 12 heteroatoms. The molecule has 2 heterocycles. The molecule has 2 aromatic heterocycles. The van der Waals surface area contributed by atoms with Crippen molar-refractivity contribution in [1.82, 2.24) is 25.1 Å². The number of para-hydroxylation sites is 1. The van der Waals surface area contributed by atoms with E-state index in [2.05, 4.69) is 20.4 Å². The van der Waals surface area contributed by atoms with Crippen LogP contribution in [0.15, 0.2) is 42.7 Å². The highest BCUT2D eigenvalue weighted by molar-refractivity contribution is 6.31. The average molecular weight is 528 g/mol. The molecule has 37 heavy (non-hydrogen) atoms. The highest BCUT2D eigenvalue weighted by Crippen LogP contribution is 2.34. The van der Waals surface area contributed by atoms with Gasteiger partial charge in [-0.25, -0.2) is 27.8 Å². The van der Waals surface area contributed by atoms with Crippen LogP contribution in [0.3, 0.4) is 0 Å². The van der Waals surface area contributed by atoms with Crippen LogP contribution in [0.5, 0.6) is 5.75 Å². The molecule has 0 bridgehead atoms. The fourth-order valence-corrected chi connectivity index (χ4v) is 4.36. The maximum Gasteiger partial charge on any atom is 0.247 e. The largest absolute Gasteiger partial charge is 0.487 e. The molecule has 0 fully saturated rings. The molecular formula is C25H22BClF3N5O2. The quantitative estimate of drug-likeness (QED) is 0.332. The smallest absolute Gasteiger partial charge is 0.247 e. The maximum atomic E-state index is 14.3. The van der Waals surface area contributed by atoms with E-state index in [0.29, 0.717) is 17.1 Å². The molecule has 0 saturated carbocycles. The highest BCUT2D eigenvalue weighted by atomic mass is 35.5. The average Bonchev–Trinajstić information content (AvgIpc) is 3.22. The van der Waals surface area contributed by atoms with Gasteiger partial charge < -0.3 is 10.1 Å². The van der Waals surface area contributed by atoms with E-state index >= 15 is 0 Å². The van der Waals surface area contributed by atoms with E-state index in [-0.39, 0.29) is 22.8 Å². The molecule has 0 saturated heterocycles. The molecule has 0 aliphatic heterocycles. The molecule has 2 aromatic carbocycles. The summed E-state index contributed by atoms with van der Waals surface area (Å²) in [5.74, 6) is -0.636. The van der Waals surface area contributed by atoms with Crippen LogP contribution < -0.4 is 10.1 Å². The second-order valence-electron chi connectivity index (χ2n) is 8.72. The van der Waals surface area contributed by atoms with Gasteiger partial charge in [0.05, 0.1) is 11.4 Å². The summed E-state index contributed by atoms with van der Waals surface area (Å²) in [6.07, 6.45) is -2.45. The summed E-state index contributed by atoms with van der Waals surface area (Å²) < 4.78 is 47.3. The zero-order valence-electron chi connectivity index (χ0n) is 20.2. The van der Waals surface area contributed by atoms with Crippen molar-refractivity contribution in [2.24, 2.45) is 7.05 Å². The van der Waals surface area contributed by atoms with E-state index < -0.39 is 30.0 Å². The minimum absolute atomic E-state index is 0.000987. The summed E-state index contributed by atoms with van der Waals surface area (Å²) in [6, 6.07) is 9.46. The molecule has 0 aliphatic rings. The Morgan fingerprint density at radius 3 is 2.73 bits per heavy atom. The molecule has 7 nitrogen and oxygen atoms in total. The van der Waals surface area contributed by atoms with Crippen LogP contribution in [0.25, 0.3) is 22.3 Å². The fourth-order valence-electron chi connectivity index (χ4n) is 4.10. The topological polar surface area (TPSA) is 81.9 Å². The molecule has 0 unspecified atom stereocenters. The highest BCUT2D eigenvalue weighted by Gasteiger charge is 2.28. The van der Waals surface area contributed by atoms with Gasteiger partial charge in [0.2, 0.25) is 12.3 Å². The van der Waals surface area contributed by atoms with Crippen LogP contribution in [-0.2, 0) is 23.9 Å². The minimum Gasteiger partial charge on any atom is -0.487 e. The van der Waals surface area contributed by atoms with Gasteiger partial charge in [-0.15, -0.1) is 0 Å². The third-order valence-corrected chi connectivity index (χ3v) is 6.05. The number of aryl methyl sites for hydroxylation is 2. The van der Waals surface area contributed by atoms with E-state index in [4.69, 9.17) is 24.2 Å².